The molecule has 0 saturated carbocycles. The second kappa shape index (κ2) is 7.05. The summed E-state index contributed by atoms with van der Waals surface area (Å²) in [5.41, 5.74) is 1.97. The zero-order chi connectivity index (χ0) is 17.9. The summed E-state index contributed by atoms with van der Waals surface area (Å²) in [7, 11) is 0. The topological polar surface area (TPSA) is 77.3 Å². The van der Waals surface area contributed by atoms with Crippen molar-refractivity contribution in [2.45, 2.75) is 18.9 Å². The van der Waals surface area contributed by atoms with E-state index in [1.807, 2.05) is 6.07 Å². The van der Waals surface area contributed by atoms with Crippen molar-refractivity contribution in [1.82, 2.24) is 10.1 Å². The molecule has 0 spiro atoms. The van der Waals surface area contributed by atoms with Crippen LogP contribution >= 0.6 is 0 Å². The van der Waals surface area contributed by atoms with Gasteiger partial charge < -0.3 is 14.6 Å². The van der Waals surface area contributed by atoms with Crippen LogP contribution in [0.25, 0.3) is 22.8 Å². The molecule has 1 aliphatic heterocycles. The van der Waals surface area contributed by atoms with Crippen LogP contribution in [-0.2, 0) is 9.53 Å². The van der Waals surface area contributed by atoms with Crippen molar-refractivity contribution in [3.8, 4) is 22.8 Å². The molecule has 3 aromatic rings. The van der Waals surface area contributed by atoms with Crippen molar-refractivity contribution < 1.29 is 18.4 Å². The van der Waals surface area contributed by atoms with Crippen molar-refractivity contribution in [3.05, 3.63) is 54.3 Å². The molecule has 1 aliphatic rings. The van der Waals surface area contributed by atoms with Crippen molar-refractivity contribution >= 4 is 11.6 Å². The van der Waals surface area contributed by atoms with Crippen LogP contribution in [0.2, 0.25) is 0 Å². The van der Waals surface area contributed by atoms with Crippen LogP contribution < -0.4 is 5.32 Å². The summed E-state index contributed by atoms with van der Waals surface area (Å²) in [6.07, 6.45) is 1.23. The van der Waals surface area contributed by atoms with Gasteiger partial charge >= 0.3 is 0 Å². The van der Waals surface area contributed by atoms with Gasteiger partial charge in [-0.2, -0.15) is 4.98 Å². The molecular formula is C19H16FN3O3. The van der Waals surface area contributed by atoms with Crippen LogP contribution in [-0.4, -0.2) is 28.8 Å². The minimum Gasteiger partial charge on any atom is -0.368 e. The molecule has 0 radical (unpaired) electrons. The molecule has 0 unspecified atom stereocenters. The van der Waals surface area contributed by atoms with E-state index in [9.17, 15) is 9.18 Å². The van der Waals surface area contributed by atoms with E-state index in [1.54, 1.807) is 30.3 Å². The molecule has 132 valence electrons. The van der Waals surface area contributed by atoms with Gasteiger partial charge in [-0.25, -0.2) is 4.39 Å². The van der Waals surface area contributed by atoms with Gasteiger partial charge in [-0.1, -0.05) is 17.3 Å². The lowest BCUT2D eigenvalue weighted by molar-refractivity contribution is -0.124. The number of benzene rings is 2. The number of amides is 1. The van der Waals surface area contributed by atoms with Gasteiger partial charge in [0.1, 0.15) is 11.9 Å². The number of rotatable bonds is 4. The lowest BCUT2D eigenvalue weighted by Crippen LogP contribution is -2.26. The van der Waals surface area contributed by atoms with Crippen LogP contribution in [0, 0.1) is 5.82 Å². The third-order valence-electron chi connectivity index (χ3n) is 4.13. The maximum Gasteiger partial charge on any atom is 0.258 e. The van der Waals surface area contributed by atoms with Gasteiger partial charge in [-0.15, -0.1) is 0 Å². The normalized spacial score (nSPS) is 16.6. The number of nitrogens with one attached hydrogen (secondary N) is 1. The summed E-state index contributed by atoms with van der Waals surface area (Å²) in [4.78, 5) is 16.5. The molecule has 1 fully saturated rings. The number of hydrogen-bond acceptors (Lipinski definition) is 5. The fourth-order valence-electron chi connectivity index (χ4n) is 2.79. The highest BCUT2D eigenvalue weighted by Gasteiger charge is 2.23. The standard InChI is InChI=1S/C19H16FN3O3/c20-14-8-6-12(7-9-14)19-22-17(23-26-19)13-3-1-4-15(11-13)21-18(24)16-5-2-10-25-16/h1,3-4,6-9,11,16H,2,5,10H2,(H,21,24)/t16-/m1/s1. The summed E-state index contributed by atoms with van der Waals surface area (Å²) in [5.74, 6) is 0.203. The molecule has 2 heterocycles. The molecule has 0 bridgehead atoms. The second-order valence-corrected chi connectivity index (χ2v) is 6.00. The number of carbonyl (C=O) groups is 1. The van der Waals surface area contributed by atoms with Crippen molar-refractivity contribution in [2.24, 2.45) is 0 Å². The van der Waals surface area contributed by atoms with Crippen molar-refractivity contribution in [1.29, 1.82) is 0 Å². The average Bonchev–Trinajstić information content (AvgIpc) is 3.35. The molecule has 1 N–H and O–H groups in total. The highest BCUT2D eigenvalue weighted by Crippen LogP contribution is 2.25. The second-order valence-electron chi connectivity index (χ2n) is 6.00. The van der Waals surface area contributed by atoms with Crippen LogP contribution in [0.3, 0.4) is 0 Å². The van der Waals surface area contributed by atoms with Crippen LogP contribution in [0.1, 0.15) is 12.8 Å². The summed E-state index contributed by atoms with van der Waals surface area (Å²) >= 11 is 0. The molecule has 1 aromatic heterocycles. The first-order valence-corrected chi connectivity index (χ1v) is 8.31. The van der Waals surface area contributed by atoms with Gasteiger partial charge in [0.2, 0.25) is 5.82 Å². The molecule has 2 aromatic carbocycles. The Bertz CT molecular complexity index is 918. The molecule has 1 amide bonds. The quantitative estimate of drug-likeness (QED) is 0.774. The smallest absolute Gasteiger partial charge is 0.258 e. The maximum absolute atomic E-state index is 13.0. The largest absolute Gasteiger partial charge is 0.368 e. The van der Waals surface area contributed by atoms with E-state index in [2.05, 4.69) is 15.5 Å². The van der Waals surface area contributed by atoms with E-state index in [1.165, 1.54) is 12.1 Å². The van der Waals surface area contributed by atoms with Gasteiger partial charge in [-0.05, 0) is 49.2 Å². The number of hydrogen-bond donors (Lipinski definition) is 1. The van der Waals surface area contributed by atoms with E-state index < -0.39 is 6.10 Å². The monoisotopic (exact) mass is 353 g/mol. The van der Waals surface area contributed by atoms with E-state index >= 15 is 0 Å². The summed E-state index contributed by atoms with van der Waals surface area (Å²) in [5, 5.41) is 6.81. The fraction of sp³-hybridized carbons (Fsp3) is 0.211. The maximum atomic E-state index is 13.0. The Morgan fingerprint density at radius 3 is 2.77 bits per heavy atom. The summed E-state index contributed by atoms with van der Waals surface area (Å²) in [6.45, 7) is 0.618. The number of aromatic nitrogens is 2. The number of anilines is 1. The van der Waals surface area contributed by atoms with Gasteiger partial charge in [0.25, 0.3) is 11.8 Å². The van der Waals surface area contributed by atoms with Crippen molar-refractivity contribution in [3.63, 3.8) is 0 Å². The van der Waals surface area contributed by atoms with Gasteiger partial charge in [0.05, 0.1) is 0 Å². The molecule has 7 heteroatoms. The zero-order valence-corrected chi connectivity index (χ0v) is 13.8. The van der Waals surface area contributed by atoms with E-state index in [0.29, 0.717) is 35.1 Å². The predicted molar refractivity (Wildman–Crippen MR) is 92.7 cm³/mol. The lowest BCUT2D eigenvalue weighted by Gasteiger charge is -2.10. The Kier molecular flexibility index (Phi) is 4.45. The Balaban J connectivity index is 1.53. The summed E-state index contributed by atoms with van der Waals surface area (Å²) < 4.78 is 23.7. The first-order valence-electron chi connectivity index (χ1n) is 8.31. The third-order valence-corrected chi connectivity index (χ3v) is 4.13. The summed E-state index contributed by atoms with van der Waals surface area (Å²) in [6, 6.07) is 13.0. The van der Waals surface area contributed by atoms with Gasteiger partial charge in [-0.3, -0.25) is 4.79 Å². The molecule has 1 saturated heterocycles. The van der Waals surface area contributed by atoms with Crippen LogP contribution in [0.5, 0.6) is 0 Å². The number of ether oxygens (including phenoxy) is 1. The fourth-order valence-corrected chi connectivity index (χ4v) is 2.79. The highest BCUT2D eigenvalue weighted by molar-refractivity contribution is 5.94. The first kappa shape index (κ1) is 16.4. The van der Waals surface area contributed by atoms with Crippen molar-refractivity contribution in [2.75, 3.05) is 11.9 Å². The Morgan fingerprint density at radius 1 is 1.15 bits per heavy atom. The lowest BCUT2D eigenvalue weighted by atomic mass is 10.1. The molecule has 4 rings (SSSR count). The number of halogens is 1. The van der Waals surface area contributed by atoms with E-state index in [0.717, 1.165) is 12.8 Å². The minimum atomic E-state index is -0.395. The Hall–Kier alpha value is -3.06. The van der Waals surface area contributed by atoms with Gasteiger partial charge in [0.15, 0.2) is 0 Å². The van der Waals surface area contributed by atoms with E-state index in [4.69, 9.17) is 9.26 Å². The van der Waals surface area contributed by atoms with Crippen LogP contribution in [0.4, 0.5) is 10.1 Å². The SMILES string of the molecule is O=C(Nc1cccc(-c2noc(-c3ccc(F)cc3)n2)c1)[C@H]1CCCO1. The predicted octanol–water partition coefficient (Wildman–Crippen LogP) is 3.66. The number of carbonyl (C=O) groups excluding carboxylic acids is 1. The Labute approximate surface area is 149 Å². The first-order chi connectivity index (χ1) is 12.7. The molecule has 0 aliphatic carbocycles. The number of nitrogens with zero attached hydrogens (tertiary/aromatic N) is 2. The molecule has 1 atom stereocenters. The average molecular weight is 353 g/mol. The molecule has 26 heavy (non-hydrogen) atoms. The molecule has 6 nitrogen and oxygen atoms in total. The van der Waals surface area contributed by atoms with Crippen LogP contribution in [0.15, 0.2) is 53.1 Å². The highest BCUT2D eigenvalue weighted by atomic mass is 19.1. The van der Waals surface area contributed by atoms with E-state index in [-0.39, 0.29) is 11.7 Å². The molecular weight excluding hydrogens is 337 g/mol. The zero-order valence-electron chi connectivity index (χ0n) is 13.8. The third kappa shape index (κ3) is 3.48. The van der Waals surface area contributed by atoms with Gasteiger partial charge in [0, 0.05) is 23.4 Å². The Morgan fingerprint density at radius 2 is 2.00 bits per heavy atom. The minimum absolute atomic E-state index is 0.153.